The van der Waals surface area contributed by atoms with Gasteiger partial charge in [-0.25, -0.2) is 9.59 Å². The van der Waals surface area contributed by atoms with Crippen LogP contribution in [0.4, 0.5) is 0 Å². The highest BCUT2D eigenvalue weighted by Gasteiger charge is 2.34. The molecule has 7 N–H and O–H groups in total. The van der Waals surface area contributed by atoms with Crippen LogP contribution in [0.25, 0.3) is 32.8 Å². The highest BCUT2D eigenvalue weighted by Crippen LogP contribution is 2.23. The molecule has 3 amide bonds. The minimum absolute atomic E-state index is 0.0535. The van der Waals surface area contributed by atoms with Crippen molar-refractivity contribution in [2.24, 2.45) is 0 Å². The van der Waals surface area contributed by atoms with Crippen LogP contribution in [0.5, 0.6) is 5.75 Å². The quantitative estimate of drug-likeness (QED) is 0.0624. The SMILES string of the molecule is C[C@@H](O)[C@H](NC(=O)[C@H](Cc1c[nH]c2ccccc12)NC(=O)[C@H](Cc1c[nH]c2ccccc12)NC(=O)c1cc2ccc(O)cc2oc1=O)C(=O)OCc1ccccc1. The number of aliphatic hydroxyl groups is 1. The van der Waals surface area contributed by atoms with Gasteiger partial charge in [-0.15, -0.1) is 0 Å². The smallest absolute Gasteiger partial charge is 0.349 e. The standard InChI is InChI=1S/C43H39N5O9/c1-24(49)38(43(55)56-23-25-9-3-2-4-10-25)48-41(53)36(19-28-22-45-34-14-8-6-12-31(28)34)47-40(52)35(18-27-21-44-33-13-7-5-11-30(27)33)46-39(51)32-17-26-15-16-29(50)20-37(26)57-42(32)54/h2-17,20-22,24,35-36,38,44-45,49-50H,18-19,23H2,1H3,(H,46,51)(H,47,52)(H,48,53)/t24-,35+,36+,38+/m1/s1. The number of esters is 1. The molecule has 0 aliphatic carbocycles. The van der Waals surface area contributed by atoms with Crippen molar-refractivity contribution < 1.29 is 38.5 Å². The maximum Gasteiger partial charge on any atom is 0.349 e. The van der Waals surface area contributed by atoms with Gasteiger partial charge in [-0.05, 0) is 53.9 Å². The van der Waals surface area contributed by atoms with E-state index in [-0.39, 0.29) is 36.3 Å². The van der Waals surface area contributed by atoms with Crippen molar-refractivity contribution >= 4 is 56.5 Å². The second-order valence-corrected chi connectivity index (χ2v) is 13.7. The van der Waals surface area contributed by atoms with Gasteiger partial charge in [-0.2, -0.15) is 0 Å². The van der Waals surface area contributed by atoms with Gasteiger partial charge >= 0.3 is 11.6 Å². The van der Waals surface area contributed by atoms with E-state index in [4.69, 9.17) is 9.15 Å². The topological polar surface area (TPSA) is 216 Å². The molecule has 0 unspecified atom stereocenters. The summed E-state index contributed by atoms with van der Waals surface area (Å²) in [6.45, 7) is 1.24. The van der Waals surface area contributed by atoms with Gasteiger partial charge in [0.25, 0.3) is 5.91 Å². The molecular formula is C43H39N5O9. The Kier molecular flexibility index (Phi) is 11.1. The first kappa shape index (κ1) is 38.1. The Labute approximate surface area is 324 Å². The Balaban J connectivity index is 1.19. The number of aliphatic hydroxyl groups excluding tert-OH is 1. The monoisotopic (exact) mass is 769 g/mol. The number of nitrogens with one attached hydrogen (secondary N) is 5. The van der Waals surface area contributed by atoms with Gasteiger partial charge in [-0.1, -0.05) is 66.7 Å². The summed E-state index contributed by atoms with van der Waals surface area (Å²) in [5.41, 5.74) is 2.31. The zero-order valence-electron chi connectivity index (χ0n) is 30.7. The molecule has 4 aromatic carbocycles. The Morgan fingerprint density at radius 2 is 1.32 bits per heavy atom. The Morgan fingerprint density at radius 3 is 1.95 bits per heavy atom. The molecule has 0 spiro atoms. The van der Waals surface area contributed by atoms with Gasteiger partial charge in [0.1, 0.15) is 35.6 Å². The number of benzene rings is 4. The third kappa shape index (κ3) is 8.71. The summed E-state index contributed by atoms with van der Waals surface area (Å²) in [5.74, 6) is -3.50. The number of rotatable bonds is 14. The molecule has 0 saturated heterocycles. The molecule has 0 aliphatic rings. The van der Waals surface area contributed by atoms with Crippen molar-refractivity contribution in [3.8, 4) is 5.75 Å². The fourth-order valence-electron chi connectivity index (χ4n) is 6.67. The number of phenols is 1. The van der Waals surface area contributed by atoms with E-state index >= 15 is 0 Å². The molecule has 0 fully saturated rings. The number of H-pyrrole nitrogens is 2. The Morgan fingerprint density at radius 1 is 0.737 bits per heavy atom. The highest BCUT2D eigenvalue weighted by molar-refractivity contribution is 6.00. The predicted octanol–water partition coefficient (Wildman–Crippen LogP) is 4.14. The third-order valence-electron chi connectivity index (χ3n) is 9.67. The van der Waals surface area contributed by atoms with Gasteiger partial charge in [-0.3, -0.25) is 14.4 Å². The van der Waals surface area contributed by atoms with Crippen molar-refractivity contribution in [2.45, 2.75) is 50.6 Å². The van der Waals surface area contributed by atoms with Crippen LogP contribution in [-0.4, -0.2) is 68.1 Å². The lowest BCUT2D eigenvalue weighted by Gasteiger charge is -2.26. The number of amides is 3. The second-order valence-electron chi connectivity index (χ2n) is 13.7. The molecule has 3 aromatic heterocycles. The summed E-state index contributed by atoms with van der Waals surface area (Å²) in [5, 5.41) is 30.4. The lowest BCUT2D eigenvalue weighted by molar-refractivity contribution is -0.152. The fraction of sp³-hybridized carbons (Fsp3) is 0.186. The summed E-state index contributed by atoms with van der Waals surface area (Å²) in [7, 11) is 0. The molecule has 7 rings (SSSR count). The van der Waals surface area contributed by atoms with Crippen molar-refractivity contribution in [2.75, 3.05) is 0 Å². The zero-order valence-corrected chi connectivity index (χ0v) is 30.7. The lowest BCUT2D eigenvalue weighted by atomic mass is 10.0. The van der Waals surface area contributed by atoms with E-state index in [2.05, 4.69) is 25.9 Å². The number of hydrogen-bond donors (Lipinski definition) is 7. The zero-order chi connectivity index (χ0) is 40.1. The summed E-state index contributed by atoms with van der Waals surface area (Å²) in [6, 6.07) is 24.9. The molecule has 57 heavy (non-hydrogen) atoms. The van der Waals surface area contributed by atoms with E-state index in [0.717, 1.165) is 21.8 Å². The second kappa shape index (κ2) is 16.7. The predicted molar refractivity (Wildman–Crippen MR) is 211 cm³/mol. The van der Waals surface area contributed by atoms with Crippen LogP contribution in [-0.2, 0) is 38.6 Å². The van der Waals surface area contributed by atoms with Gasteiger partial charge in [0, 0.05) is 58.5 Å². The summed E-state index contributed by atoms with van der Waals surface area (Å²) in [6.07, 6.45) is 1.94. The van der Waals surface area contributed by atoms with Crippen LogP contribution in [0, 0.1) is 0 Å². The van der Waals surface area contributed by atoms with Crippen molar-refractivity contribution in [1.82, 2.24) is 25.9 Å². The molecule has 14 nitrogen and oxygen atoms in total. The van der Waals surface area contributed by atoms with E-state index in [1.807, 2.05) is 54.6 Å². The summed E-state index contributed by atoms with van der Waals surface area (Å²) in [4.78, 5) is 74.9. The van der Waals surface area contributed by atoms with Crippen molar-refractivity contribution in [3.63, 3.8) is 0 Å². The van der Waals surface area contributed by atoms with Crippen LogP contribution in [0.2, 0.25) is 0 Å². The molecule has 3 heterocycles. The minimum atomic E-state index is -1.49. The molecule has 0 aliphatic heterocycles. The number of para-hydroxylation sites is 2. The number of ether oxygens (including phenoxy) is 1. The van der Waals surface area contributed by atoms with Gasteiger partial charge < -0.3 is 45.3 Å². The minimum Gasteiger partial charge on any atom is -0.508 e. The normalized spacial score (nSPS) is 13.4. The third-order valence-corrected chi connectivity index (χ3v) is 9.67. The fourth-order valence-corrected chi connectivity index (χ4v) is 6.67. The molecule has 0 bridgehead atoms. The van der Waals surface area contributed by atoms with E-state index in [1.54, 1.807) is 36.7 Å². The summed E-state index contributed by atoms with van der Waals surface area (Å²) < 4.78 is 10.7. The van der Waals surface area contributed by atoms with E-state index in [0.29, 0.717) is 22.1 Å². The van der Waals surface area contributed by atoms with Gasteiger partial charge in [0.2, 0.25) is 11.8 Å². The number of carbonyl (C=O) groups is 4. The summed E-state index contributed by atoms with van der Waals surface area (Å²) >= 11 is 0. The average Bonchev–Trinajstić information content (AvgIpc) is 3.82. The first-order valence-electron chi connectivity index (χ1n) is 18.2. The van der Waals surface area contributed by atoms with Crippen LogP contribution < -0.4 is 21.6 Å². The number of fused-ring (bicyclic) bond motifs is 3. The number of aromatic hydroxyl groups is 1. The average molecular weight is 770 g/mol. The molecule has 4 atom stereocenters. The lowest BCUT2D eigenvalue weighted by Crippen LogP contribution is -2.58. The van der Waals surface area contributed by atoms with Crippen LogP contribution in [0.3, 0.4) is 0 Å². The van der Waals surface area contributed by atoms with E-state index < -0.39 is 53.5 Å². The Hall–Kier alpha value is -7.19. The molecule has 7 aromatic rings. The maximum atomic E-state index is 14.4. The molecular weight excluding hydrogens is 730 g/mol. The number of phenolic OH excluding ortho intramolecular Hbond substituents is 1. The van der Waals surface area contributed by atoms with Gasteiger partial charge in [0.15, 0.2) is 6.04 Å². The molecule has 0 radical (unpaired) electrons. The molecule has 14 heteroatoms. The highest BCUT2D eigenvalue weighted by atomic mass is 16.5. The number of carbonyl (C=O) groups excluding carboxylic acids is 4. The van der Waals surface area contributed by atoms with E-state index in [1.165, 1.54) is 31.2 Å². The van der Waals surface area contributed by atoms with Crippen LogP contribution >= 0.6 is 0 Å². The number of hydrogen-bond acceptors (Lipinski definition) is 9. The van der Waals surface area contributed by atoms with Crippen molar-refractivity contribution in [3.05, 3.63) is 148 Å². The first-order valence-corrected chi connectivity index (χ1v) is 18.2. The number of aromatic nitrogens is 2. The Bertz CT molecular complexity index is 2650. The maximum absolute atomic E-state index is 14.4. The van der Waals surface area contributed by atoms with Crippen LogP contribution in [0.1, 0.15) is 34.0 Å². The van der Waals surface area contributed by atoms with Gasteiger partial charge in [0.05, 0.1) is 6.10 Å². The largest absolute Gasteiger partial charge is 0.508 e. The van der Waals surface area contributed by atoms with E-state index in [9.17, 15) is 34.2 Å². The van der Waals surface area contributed by atoms with Crippen LogP contribution in [0.15, 0.2) is 125 Å². The molecule has 290 valence electrons. The van der Waals surface area contributed by atoms with Crippen molar-refractivity contribution in [1.29, 1.82) is 0 Å². The first-order chi connectivity index (χ1) is 27.5. The number of aromatic amines is 2. The molecule has 0 saturated carbocycles.